The molecular weight excluding hydrogens is 230 g/mol. The van der Waals surface area contributed by atoms with Crippen molar-refractivity contribution in [1.29, 1.82) is 0 Å². The van der Waals surface area contributed by atoms with Gasteiger partial charge in [-0.1, -0.05) is 13.8 Å². The van der Waals surface area contributed by atoms with Gasteiger partial charge >= 0.3 is 5.97 Å². The second-order valence-electron chi connectivity index (χ2n) is 4.90. The van der Waals surface area contributed by atoms with Gasteiger partial charge in [-0.25, -0.2) is 4.79 Å². The van der Waals surface area contributed by atoms with Crippen LogP contribution in [0.15, 0.2) is 18.2 Å². The van der Waals surface area contributed by atoms with Gasteiger partial charge < -0.3 is 15.2 Å². The van der Waals surface area contributed by atoms with Crippen LogP contribution in [0.25, 0.3) is 0 Å². The number of carboxylic acid groups (broad SMARTS) is 1. The lowest BCUT2D eigenvalue weighted by atomic mass is 10.0. The van der Waals surface area contributed by atoms with E-state index in [4.69, 9.17) is 9.84 Å². The Morgan fingerprint density at radius 2 is 2.06 bits per heavy atom. The highest BCUT2D eigenvalue weighted by molar-refractivity contribution is 5.89. The molecule has 2 N–H and O–H groups in total. The lowest BCUT2D eigenvalue weighted by Crippen LogP contribution is -2.18. The lowest BCUT2D eigenvalue weighted by Gasteiger charge is -2.19. The van der Waals surface area contributed by atoms with Gasteiger partial charge in [-0.2, -0.15) is 0 Å². The maximum absolute atomic E-state index is 10.9. The second kappa shape index (κ2) is 6.28. The number of carbonyl (C=O) groups is 1. The molecule has 0 radical (unpaired) electrons. The Morgan fingerprint density at radius 1 is 1.39 bits per heavy atom. The predicted molar refractivity (Wildman–Crippen MR) is 72.5 cm³/mol. The Bertz CT molecular complexity index is 416. The van der Waals surface area contributed by atoms with Gasteiger partial charge in [0.25, 0.3) is 0 Å². The summed E-state index contributed by atoms with van der Waals surface area (Å²) in [6.07, 6.45) is 1.01. The Balaban J connectivity index is 2.90. The number of aromatic carboxylic acids is 1. The third kappa shape index (κ3) is 3.95. The maximum atomic E-state index is 10.9. The number of methoxy groups -OCH3 is 1. The standard InChI is InChI=1S/C14H21NO3/c1-9(2)7-10(3)15-12-8-11(14(16)17)5-6-13(12)18-4/h5-6,8-10,15H,7H2,1-4H3,(H,16,17). The summed E-state index contributed by atoms with van der Waals surface area (Å²) in [6, 6.07) is 5.09. The molecule has 0 aliphatic carbocycles. The number of hydrogen-bond acceptors (Lipinski definition) is 3. The van der Waals surface area contributed by atoms with Crippen molar-refractivity contribution in [3.63, 3.8) is 0 Å². The first-order valence-corrected chi connectivity index (χ1v) is 6.12. The molecule has 0 heterocycles. The number of carboxylic acids is 1. The van der Waals surface area contributed by atoms with E-state index in [0.717, 1.165) is 12.1 Å². The van der Waals surface area contributed by atoms with Gasteiger partial charge in [0.15, 0.2) is 0 Å². The predicted octanol–water partition coefficient (Wildman–Crippen LogP) is 3.24. The first-order chi connectivity index (χ1) is 8.43. The smallest absolute Gasteiger partial charge is 0.335 e. The van der Waals surface area contributed by atoms with Crippen LogP contribution in [-0.2, 0) is 0 Å². The highest BCUT2D eigenvalue weighted by Gasteiger charge is 2.11. The summed E-state index contributed by atoms with van der Waals surface area (Å²) < 4.78 is 5.23. The van der Waals surface area contributed by atoms with Crippen molar-refractivity contribution in [2.45, 2.75) is 33.2 Å². The molecule has 0 saturated carbocycles. The summed E-state index contributed by atoms with van der Waals surface area (Å²) in [7, 11) is 1.58. The molecule has 0 aromatic heterocycles. The van der Waals surface area contributed by atoms with Gasteiger partial charge in [-0.15, -0.1) is 0 Å². The third-order valence-corrected chi connectivity index (χ3v) is 2.67. The molecular formula is C14H21NO3. The van der Waals surface area contributed by atoms with Crippen molar-refractivity contribution in [1.82, 2.24) is 0 Å². The van der Waals surface area contributed by atoms with E-state index in [0.29, 0.717) is 11.7 Å². The molecule has 100 valence electrons. The summed E-state index contributed by atoms with van der Waals surface area (Å²) in [6.45, 7) is 6.39. The van der Waals surface area contributed by atoms with Gasteiger partial charge in [0.1, 0.15) is 5.75 Å². The number of nitrogens with one attached hydrogen (secondary N) is 1. The van der Waals surface area contributed by atoms with Crippen LogP contribution in [0.1, 0.15) is 37.6 Å². The zero-order valence-electron chi connectivity index (χ0n) is 11.4. The fourth-order valence-electron chi connectivity index (χ4n) is 1.99. The molecule has 0 amide bonds. The summed E-state index contributed by atoms with van der Waals surface area (Å²) >= 11 is 0. The number of benzene rings is 1. The van der Waals surface area contributed by atoms with E-state index in [1.807, 2.05) is 0 Å². The van der Waals surface area contributed by atoms with Gasteiger partial charge in [0, 0.05) is 6.04 Å². The van der Waals surface area contributed by atoms with E-state index in [-0.39, 0.29) is 11.6 Å². The van der Waals surface area contributed by atoms with Crippen molar-refractivity contribution in [3.8, 4) is 5.75 Å². The molecule has 0 bridgehead atoms. The molecule has 1 aromatic rings. The highest BCUT2D eigenvalue weighted by atomic mass is 16.5. The van der Waals surface area contributed by atoms with E-state index < -0.39 is 5.97 Å². The lowest BCUT2D eigenvalue weighted by molar-refractivity contribution is 0.0697. The normalized spacial score (nSPS) is 12.3. The van der Waals surface area contributed by atoms with Crippen LogP contribution < -0.4 is 10.1 Å². The van der Waals surface area contributed by atoms with Gasteiger partial charge in [0.2, 0.25) is 0 Å². The quantitative estimate of drug-likeness (QED) is 0.815. The Hall–Kier alpha value is -1.71. The molecule has 1 rings (SSSR count). The molecule has 4 heteroatoms. The Labute approximate surface area is 108 Å². The maximum Gasteiger partial charge on any atom is 0.335 e. The molecule has 0 aliphatic rings. The van der Waals surface area contributed by atoms with Gasteiger partial charge in [-0.05, 0) is 37.5 Å². The van der Waals surface area contributed by atoms with Crippen LogP contribution >= 0.6 is 0 Å². The van der Waals surface area contributed by atoms with Crippen LogP contribution in [-0.4, -0.2) is 24.2 Å². The van der Waals surface area contributed by atoms with Crippen LogP contribution in [0.5, 0.6) is 5.75 Å². The van der Waals surface area contributed by atoms with E-state index >= 15 is 0 Å². The average molecular weight is 251 g/mol. The summed E-state index contributed by atoms with van der Waals surface area (Å²) in [4.78, 5) is 10.9. The first kappa shape index (κ1) is 14.4. The van der Waals surface area contributed by atoms with Crippen molar-refractivity contribution in [2.75, 3.05) is 12.4 Å². The zero-order valence-corrected chi connectivity index (χ0v) is 11.4. The van der Waals surface area contributed by atoms with E-state index in [1.54, 1.807) is 25.3 Å². The fraction of sp³-hybridized carbons (Fsp3) is 0.500. The molecule has 1 aromatic carbocycles. The topological polar surface area (TPSA) is 58.6 Å². The zero-order chi connectivity index (χ0) is 13.7. The molecule has 1 atom stereocenters. The van der Waals surface area contributed by atoms with E-state index in [1.165, 1.54) is 0 Å². The van der Waals surface area contributed by atoms with Gasteiger partial charge in [-0.3, -0.25) is 0 Å². The van der Waals surface area contributed by atoms with Crippen LogP contribution in [0.2, 0.25) is 0 Å². The van der Waals surface area contributed by atoms with Crippen LogP contribution in [0, 0.1) is 5.92 Å². The minimum Gasteiger partial charge on any atom is -0.495 e. The van der Waals surface area contributed by atoms with Crippen molar-refractivity contribution >= 4 is 11.7 Å². The monoisotopic (exact) mass is 251 g/mol. The molecule has 0 fully saturated rings. The van der Waals surface area contributed by atoms with E-state index in [9.17, 15) is 4.79 Å². The first-order valence-electron chi connectivity index (χ1n) is 6.12. The molecule has 1 unspecified atom stereocenters. The minimum atomic E-state index is -0.933. The number of hydrogen-bond donors (Lipinski definition) is 2. The van der Waals surface area contributed by atoms with Crippen molar-refractivity contribution in [3.05, 3.63) is 23.8 Å². The number of ether oxygens (including phenoxy) is 1. The molecule has 18 heavy (non-hydrogen) atoms. The Morgan fingerprint density at radius 3 is 2.56 bits per heavy atom. The highest BCUT2D eigenvalue weighted by Crippen LogP contribution is 2.27. The molecule has 0 spiro atoms. The fourth-order valence-corrected chi connectivity index (χ4v) is 1.99. The SMILES string of the molecule is COc1ccc(C(=O)O)cc1NC(C)CC(C)C. The Kier molecular flexibility index (Phi) is 5.01. The minimum absolute atomic E-state index is 0.259. The third-order valence-electron chi connectivity index (χ3n) is 2.67. The number of anilines is 1. The molecule has 0 saturated heterocycles. The average Bonchev–Trinajstić information content (AvgIpc) is 2.27. The summed E-state index contributed by atoms with van der Waals surface area (Å²) in [5.74, 6) is 0.314. The second-order valence-corrected chi connectivity index (χ2v) is 4.90. The molecule has 4 nitrogen and oxygen atoms in total. The van der Waals surface area contributed by atoms with Crippen LogP contribution in [0.4, 0.5) is 5.69 Å². The van der Waals surface area contributed by atoms with Crippen LogP contribution in [0.3, 0.4) is 0 Å². The van der Waals surface area contributed by atoms with Crippen molar-refractivity contribution in [2.24, 2.45) is 5.92 Å². The summed E-state index contributed by atoms with van der Waals surface area (Å²) in [5, 5.41) is 12.3. The number of rotatable bonds is 6. The largest absolute Gasteiger partial charge is 0.495 e. The summed E-state index contributed by atoms with van der Waals surface area (Å²) in [5.41, 5.74) is 0.987. The molecule has 0 aliphatic heterocycles. The van der Waals surface area contributed by atoms with E-state index in [2.05, 4.69) is 26.1 Å². The van der Waals surface area contributed by atoms with Crippen molar-refractivity contribution < 1.29 is 14.6 Å². The van der Waals surface area contributed by atoms with Gasteiger partial charge in [0.05, 0.1) is 18.4 Å².